The number of hydrogen-bond donors (Lipinski definition) is 1. The molecule has 0 saturated carbocycles. The summed E-state index contributed by atoms with van der Waals surface area (Å²) >= 11 is 0. The Morgan fingerprint density at radius 2 is 1.81 bits per heavy atom. The Morgan fingerprint density at radius 1 is 1.00 bits per heavy atom. The van der Waals surface area contributed by atoms with E-state index in [0.717, 1.165) is 34.6 Å². The number of phenolic OH excluding ortho intramolecular Hbond substituents is 1. The van der Waals surface area contributed by atoms with Gasteiger partial charge in [-0.2, -0.15) is 5.10 Å². The SMILES string of the molecule is Cc1cccc([C@@H]2Oc3ccccc3[C@@H]3CC(c4ccccc4O)=NN32)c1. The van der Waals surface area contributed by atoms with Crippen LogP contribution in [-0.4, -0.2) is 15.8 Å². The van der Waals surface area contributed by atoms with Gasteiger partial charge in [0.1, 0.15) is 11.5 Å². The average Bonchev–Trinajstić information content (AvgIpc) is 3.13. The summed E-state index contributed by atoms with van der Waals surface area (Å²) in [5.74, 6) is 1.16. The second-order valence-electron chi connectivity index (χ2n) is 7.09. The minimum atomic E-state index is -0.284. The van der Waals surface area contributed by atoms with Crippen molar-refractivity contribution in [3.63, 3.8) is 0 Å². The van der Waals surface area contributed by atoms with Crippen LogP contribution in [0.15, 0.2) is 77.9 Å². The second kappa shape index (κ2) is 6.16. The predicted molar refractivity (Wildman–Crippen MR) is 105 cm³/mol. The first-order valence-corrected chi connectivity index (χ1v) is 9.17. The Balaban J connectivity index is 1.62. The van der Waals surface area contributed by atoms with Crippen LogP contribution >= 0.6 is 0 Å². The van der Waals surface area contributed by atoms with Gasteiger partial charge < -0.3 is 9.84 Å². The van der Waals surface area contributed by atoms with Crippen molar-refractivity contribution in [1.29, 1.82) is 0 Å². The molecular formula is C23H20N2O2. The molecule has 27 heavy (non-hydrogen) atoms. The number of hydrazone groups is 1. The van der Waals surface area contributed by atoms with Crippen molar-refractivity contribution in [3.8, 4) is 11.5 Å². The van der Waals surface area contributed by atoms with E-state index in [4.69, 9.17) is 9.84 Å². The zero-order chi connectivity index (χ0) is 18.4. The summed E-state index contributed by atoms with van der Waals surface area (Å²) < 4.78 is 6.36. The third-order valence-electron chi connectivity index (χ3n) is 5.24. The highest BCUT2D eigenvalue weighted by Gasteiger charge is 2.41. The highest BCUT2D eigenvalue weighted by molar-refractivity contribution is 6.04. The molecule has 0 aliphatic carbocycles. The highest BCUT2D eigenvalue weighted by atomic mass is 16.5. The number of nitrogens with zero attached hydrogens (tertiary/aromatic N) is 2. The third-order valence-corrected chi connectivity index (χ3v) is 5.24. The smallest absolute Gasteiger partial charge is 0.213 e. The fourth-order valence-electron chi connectivity index (χ4n) is 3.96. The summed E-state index contributed by atoms with van der Waals surface area (Å²) in [6, 6.07) is 24.0. The summed E-state index contributed by atoms with van der Waals surface area (Å²) in [6.07, 6.45) is 0.452. The number of benzene rings is 3. The third kappa shape index (κ3) is 2.65. The van der Waals surface area contributed by atoms with E-state index in [9.17, 15) is 5.11 Å². The van der Waals surface area contributed by atoms with Crippen molar-refractivity contribution in [2.45, 2.75) is 25.6 Å². The van der Waals surface area contributed by atoms with E-state index < -0.39 is 0 Å². The van der Waals surface area contributed by atoms with Gasteiger partial charge in [0.05, 0.1) is 11.8 Å². The van der Waals surface area contributed by atoms with Crippen molar-refractivity contribution >= 4 is 5.71 Å². The number of hydrogen-bond acceptors (Lipinski definition) is 4. The number of ether oxygens (including phenoxy) is 1. The normalized spacial score (nSPS) is 20.5. The van der Waals surface area contributed by atoms with E-state index >= 15 is 0 Å². The number of para-hydroxylation sites is 2. The molecule has 2 atom stereocenters. The maximum Gasteiger partial charge on any atom is 0.213 e. The molecule has 3 aromatic rings. The van der Waals surface area contributed by atoms with Crippen molar-refractivity contribution in [3.05, 3.63) is 95.1 Å². The van der Waals surface area contributed by atoms with Gasteiger partial charge in [0.25, 0.3) is 0 Å². The molecule has 0 unspecified atom stereocenters. The largest absolute Gasteiger partial charge is 0.507 e. The summed E-state index contributed by atoms with van der Waals surface area (Å²) in [4.78, 5) is 0. The lowest BCUT2D eigenvalue weighted by Gasteiger charge is -2.38. The molecule has 0 spiro atoms. The molecule has 5 rings (SSSR count). The van der Waals surface area contributed by atoms with E-state index in [1.54, 1.807) is 6.07 Å². The van der Waals surface area contributed by atoms with Crippen LogP contribution in [-0.2, 0) is 0 Å². The van der Waals surface area contributed by atoms with E-state index in [0.29, 0.717) is 0 Å². The van der Waals surface area contributed by atoms with Gasteiger partial charge in [-0.15, -0.1) is 0 Å². The highest BCUT2D eigenvalue weighted by Crippen LogP contribution is 2.47. The Hall–Kier alpha value is -3.27. The van der Waals surface area contributed by atoms with Crippen LogP contribution in [0.3, 0.4) is 0 Å². The molecule has 4 nitrogen and oxygen atoms in total. The second-order valence-corrected chi connectivity index (χ2v) is 7.09. The fourth-order valence-corrected chi connectivity index (χ4v) is 3.96. The van der Waals surface area contributed by atoms with Crippen LogP contribution in [0.4, 0.5) is 0 Å². The van der Waals surface area contributed by atoms with Crippen molar-refractivity contribution < 1.29 is 9.84 Å². The monoisotopic (exact) mass is 356 g/mol. The van der Waals surface area contributed by atoms with Gasteiger partial charge in [-0.1, -0.05) is 60.2 Å². The summed E-state index contributed by atoms with van der Waals surface area (Å²) in [5, 5.41) is 17.2. The molecule has 0 saturated heterocycles. The lowest BCUT2D eigenvalue weighted by Crippen LogP contribution is -2.33. The molecule has 0 aromatic heterocycles. The molecule has 0 radical (unpaired) electrons. The van der Waals surface area contributed by atoms with Crippen LogP contribution in [0.25, 0.3) is 0 Å². The van der Waals surface area contributed by atoms with E-state index in [1.807, 2.05) is 47.5 Å². The fraction of sp³-hybridized carbons (Fsp3) is 0.174. The summed E-state index contributed by atoms with van der Waals surface area (Å²) in [6.45, 7) is 2.08. The predicted octanol–water partition coefficient (Wildman–Crippen LogP) is 4.94. The van der Waals surface area contributed by atoms with Gasteiger partial charge in [-0.3, -0.25) is 0 Å². The van der Waals surface area contributed by atoms with Gasteiger partial charge >= 0.3 is 0 Å². The van der Waals surface area contributed by atoms with Gasteiger partial charge in [-0.25, -0.2) is 5.01 Å². The van der Waals surface area contributed by atoms with Gasteiger partial charge in [0.2, 0.25) is 6.23 Å². The Kier molecular flexibility index (Phi) is 3.64. The molecule has 1 N–H and O–H groups in total. The quantitative estimate of drug-likeness (QED) is 0.707. The Morgan fingerprint density at radius 3 is 2.67 bits per heavy atom. The molecular weight excluding hydrogens is 336 g/mol. The van der Waals surface area contributed by atoms with Crippen molar-refractivity contribution in [1.82, 2.24) is 5.01 Å². The average molecular weight is 356 g/mol. The van der Waals surface area contributed by atoms with E-state index in [1.165, 1.54) is 5.56 Å². The minimum absolute atomic E-state index is 0.0927. The Labute approximate surface area is 158 Å². The Bertz CT molecular complexity index is 1040. The number of aromatic hydroxyl groups is 1. The molecule has 0 fully saturated rings. The van der Waals surface area contributed by atoms with Gasteiger partial charge in [0, 0.05) is 23.1 Å². The van der Waals surface area contributed by atoms with Crippen molar-refractivity contribution in [2.75, 3.05) is 0 Å². The van der Waals surface area contributed by atoms with Crippen LogP contribution < -0.4 is 4.74 Å². The lowest BCUT2D eigenvalue weighted by atomic mass is 9.95. The minimum Gasteiger partial charge on any atom is -0.507 e. The van der Waals surface area contributed by atoms with E-state index in [-0.39, 0.29) is 18.0 Å². The van der Waals surface area contributed by atoms with Crippen LogP contribution in [0.2, 0.25) is 0 Å². The maximum atomic E-state index is 10.3. The van der Waals surface area contributed by atoms with Crippen LogP contribution in [0.1, 0.15) is 40.9 Å². The van der Waals surface area contributed by atoms with Crippen LogP contribution in [0, 0.1) is 6.92 Å². The van der Waals surface area contributed by atoms with Crippen LogP contribution in [0.5, 0.6) is 11.5 Å². The molecule has 2 aliphatic heterocycles. The summed E-state index contributed by atoms with van der Waals surface area (Å²) in [7, 11) is 0. The molecule has 2 heterocycles. The molecule has 2 aliphatic rings. The topological polar surface area (TPSA) is 45.1 Å². The molecule has 134 valence electrons. The first-order valence-electron chi connectivity index (χ1n) is 9.17. The van der Waals surface area contributed by atoms with Gasteiger partial charge in [-0.05, 0) is 25.1 Å². The number of fused-ring (bicyclic) bond motifs is 3. The first-order chi connectivity index (χ1) is 13.2. The summed E-state index contributed by atoms with van der Waals surface area (Å²) in [5.41, 5.74) is 5.08. The zero-order valence-corrected chi connectivity index (χ0v) is 15.0. The molecule has 0 bridgehead atoms. The zero-order valence-electron chi connectivity index (χ0n) is 15.0. The van der Waals surface area contributed by atoms with Gasteiger partial charge in [0.15, 0.2) is 0 Å². The van der Waals surface area contributed by atoms with Crippen molar-refractivity contribution in [2.24, 2.45) is 5.10 Å². The number of rotatable bonds is 2. The molecule has 3 aromatic carbocycles. The molecule has 0 amide bonds. The molecule has 4 heteroatoms. The number of aryl methyl sites for hydroxylation is 1. The van der Waals surface area contributed by atoms with E-state index in [2.05, 4.69) is 31.2 Å². The lowest BCUT2D eigenvalue weighted by molar-refractivity contribution is -0.0190. The maximum absolute atomic E-state index is 10.3. The standard InChI is InChI=1S/C23H20N2O2/c1-15-7-6-8-16(13-15)23-25-20(18-10-3-5-12-22(18)27-23)14-19(24-25)17-9-2-4-11-21(17)26/h2-13,20,23,26H,14H2,1H3/t20-,23-/m0/s1. The first kappa shape index (κ1) is 15.9. The number of phenols is 1.